The van der Waals surface area contributed by atoms with Crippen LogP contribution in [0.25, 0.3) is 0 Å². The third-order valence-corrected chi connectivity index (χ3v) is 4.62. The summed E-state index contributed by atoms with van der Waals surface area (Å²) in [6, 6.07) is 19.4. The highest BCUT2D eigenvalue weighted by atomic mass is 35.5. The largest absolute Gasteiger partial charge is 0.492 e. The number of carbonyl (C=O) groups excluding carboxylic acids is 1. The van der Waals surface area contributed by atoms with E-state index >= 15 is 0 Å². The molecule has 0 saturated heterocycles. The van der Waals surface area contributed by atoms with Crippen molar-refractivity contribution < 1.29 is 9.53 Å². The molecule has 0 aliphatic rings. The van der Waals surface area contributed by atoms with Gasteiger partial charge in [0, 0.05) is 7.05 Å². The van der Waals surface area contributed by atoms with Crippen LogP contribution < -0.4 is 4.74 Å². The first-order valence-electron chi connectivity index (χ1n) is 8.76. The van der Waals surface area contributed by atoms with Crippen LogP contribution in [0.1, 0.15) is 21.6 Å². The van der Waals surface area contributed by atoms with Gasteiger partial charge < -0.3 is 9.64 Å². The lowest BCUT2D eigenvalue weighted by atomic mass is 10.2. The number of aromatic nitrogens is 2. The predicted octanol–water partition coefficient (Wildman–Crippen LogP) is 4.04. The zero-order valence-electron chi connectivity index (χ0n) is 15.4. The molecular weight excluding hydrogens is 362 g/mol. The molecule has 0 saturated carbocycles. The number of likely N-dealkylation sites (N-methyl/N-ethyl adjacent to an activating group) is 1. The van der Waals surface area contributed by atoms with Crippen molar-refractivity contribution in [3.05, 3.63) is 82.6 Å². The number of ether oxygens (including phenoxy) is 1. The Morgan fingerprint density at radius 3 is 2.41 bits per heavy atom. The number of hydrogen-bond acceptors (Lipinski definition) is 3. The number of nitrogens with zero attached hydrogens (tertiary/aromatic N) is 3. The number of aryl methyl sites for hydroxylation is 1. The molecule has 0 N–H and O–H groups in total. The van der Waals surface area contributed by atoms with Crippen LogP contribution in [0.15, 0.2) is 60.7 Å². The third kappa shape index (κ3) is 4.68. The lowest BCUT2D eigenvalue weighted by Gasteiger charge is -2.17. The van der Waals surface area contributed by atoms with Gasteiger partial charge in [0.15, 0.2) is 0 Å². The predicted molar refractivity (Wildman–Crippen MR) is 106 cm³/mol. The van der Waals surface area contributed by atoms with Gasteiger partial charge in [-0.25, -0.2) is 4.68 Å². The summed E-state index contributed by atoms with van der Waals surface area (Å²) in [5.41, 5.74) is 2.14. The van der Waals surface area contributed by atoms with E-state index in [4.69, 9.17) is 16.3 Å². The Balaban J connectivity index is 1.65. The van der Waals surface area contributed by atoms with Crippen LogP contribution in [0.2, 0.25) is 5.15 Å². The first kappa shape index (κ1) is 19.0. The molecule has 5 nitrogen and oxygen atoms in total. The SMILES string of the molecule is Cc1nn(Cc2ccccc2)c(Cl)c1C(=O)N(C)CCOc1ccccc1. The fourth-order valence-corrected chi connectivity index (χ4v) is 3.08. The van der Waals surface area contributed by atoms with Crippen LogP contribution >= 0.6 is 11.6 Å². The Morgan fingerprint density at radius 1 is 1.11 bits per heavy atom. The third-order valence-electron chi connectivity index (χ3n) is 4.24. The monoisotopic (exact) mass is 383 g/mol. The normalized spacial score (nSPS) is 10.6. The van der Waals surface area contributed by atoms with Crippen LogP contribution in [0.3, 0.4) is 0 Å². The second-order valence-corrected chi connectivity index (χ2v) is 6.64. The van der Waals surface area contributed by atoms with Crippen molar-refractivity contribution in [1.29, 1.82) is 0 Å². The Morgan fingerprint density at radius 2 is 1.74 bits per heavy atom. The molecule has 0 radical (unpaired) electrons. The van der Waals surface area contributed by atoms with E-state index in [2.05, 4.69) is 5.10 Å². The highest BCUT2D eigenvalue weighted by molar-refractivity contribution is 6.33. The first-order chi connectivity index (χ1) is 13.1. The number of amides is 1. The summed E-state index contributed by atoms with van der Waals surface area (Å²) >= 11 is 6.47. The van der Waals surface area contributed by atoms with E-state index in [0.717, 1.165) is 11.3 Å². The molecule has 3 rings (SSSR count). The van der Waals surface area contributed by atoms with Gasteiger partial charge >= 0.3 is 0 Å². The van der Waals surface area contributed by atoms with Gasteiger partial charge in [-0.2, -0.15) is 5.10 Å². The summed E-state index contributed by atoms with van der Waals surface area (Å²) < 4.78 is 7.32. The lowest BCUT2D eigenvalue weighted by Crippen LogP contribution is -2.31. The molecule has 140 valence electrons. The molecule has 3 aromatic rings. The van der Waals surface area contributed by atoms with Crippen molar-refractivity contribution in [1.82, 2.24) is 14.7 Å². The highest BCUT2D eigenvalue weighted by Crippen LogP contribution is 2.22. The molecule has 2 aromatic carbocycles. The standard InChI is InChI=1S/C21H22ClN3O2/c1-16-19(20(22)25(23-16)15-17-9-5-3-6-10-17)21(26)24(2)13-14-27-18-11-7-4-8-12-18/h3-12H,13-15H2,1-2H3. The second kappa shape index (κ2) is 8.73. The van der Waals surface area contributed by atoms with E-state index in [-0.39, 0.29) is 5.91 Å². The minimum Gasteiger partial charge on any atom is -0.492 e. The van der Waals surface area contributed by atoms with Gasteiger partial charge in [-0.15, -0.1) is 0 Å². The number of hydrogen-bond donors (Lipinski definition) is 0. The minimum atomic E-state index is -0.159. The Bertz CT molecular complexity index is 895. The summed E-state index contributed by atoms with van der Waals surface area (Å²) in [5.74, 6) is 0.622. The summed E-state index contributed by atoms with van der Waals surface area (Å²) in [5, 5.41) is 4.80. The van der Waals surface area contributed by atoms with Crippen molar-refractivity contribution in [2.24, 2.45) is 0 Å². The van der Waals surface area contributed by atoms with E-state index in [1.807, 2.05) is 60.7 Å². The van der Waals surface area contributed by atoms with Crippen LogP contribution in [0.4, 0.5) is 0 Å². The summed E-state index contributed by atoms with van der Waals surface area (Å²) in [6.45, 7) is 3.18. The van der Waals surface area contributed by atoms with Crippen molar-refractivity contribution in [3.8, 4) is 5.75 Å². The van der Waals surface area contributed by atoms with Crippen LogP contribution in [-0.2, 0) is 6.54 Å². The zero-order valence-corrected chi connectivity index (χ0v) is 16.2. The van der Waals surface area contributed by atoms with E-state index in [9.17, 15) is 4.79 Å². The van der Waals surface area contributed by atoms with Crippen LogP contribution in [0.5, 0.6) is 5.75 Å². The van der Waals surface area contributed by atoms with E-state index in [1.54, 1.807) is 23.6 Å². The fourth-order valence-electron chi connectivity index (χ4n) is 2.77. The van der Waals surface area contributed by atoms with E-state index < -0.39 is 0 Å². The summed E-state index contributed by atoms with van der Waals surface area (Å²) in [7, 11) is 1.74. The maximum absolute atomic E-state index is 12.8. The molecule has 1 amide bonds. The van der Waals surface area contributed by atoms with Gasteiger partial charge in [-0.05, 0) is 24.6 Å². The zero-order chi connectivity index (χ0) is 19.2. The van der Waals surface area contributed by atoms with Gasteiger partial charge in [-0.3, -0.25) is 4.79 Å². The number of benzene rings is 2. The molecule has 0 aliphatic carbocycles. The van der Waals surface area contributed by atoms with Crippen molar-refractivity contribution in [2.75, 3.05) is 20.2 Å². The average Bonchev–Trinajstić information content (AvgIpc) is 2.96. The Labute approximate surface area is 164 Å². The molecule has 6 heteroatoms. The van der Waals surface area contributed by atoms with Gasteiger partial charge in [0.1, 0.15) is 17.5 Å². The molecule has 0 bridgehead atoms. The van der Waals surface area contributed by atoms with E-state index in [0.29, 0.717) is 36.1 Å². The maximum Gasteiger partial charge on any atom is 0.258 e. The van der Waals surface area contributed by atoms with Gasteiger partial charge in [0.05, 0.1) is 24.3 Å². The molecule has 27 heavy (non-hydrogen) atoms. The highest BCUT2D eigenvalue weighted by Gasteiger charge is 2.23. The molecule has 0 fully saturated rings. The van der Waals surface area contributed by atoms with Crippen molar-refractivity contribution in [2.45, 2.75) is 13.5 Å². The topological polar surface area (TPSA) is 47.4 Å². The molecule has 0 atom stereocenters. The molecule has 0 unspecified atom stereocenters. The Kier molecular flexibility index (Phi) is 6.14. The fraction of sp³-hybridized carbons (Fsp3) is 0.238. The van der Waals surface area contributed by atoms with Crippen molar-refractivity contribution in [3.63, 3.8) is 0 Å². The van der Waals surface area contributed by atoms with E-state index in [1.165, 1.54) is 0 Å². The number of carbonyl (C=O) groups is 1. The smallest absolute Gasteiger partial charge is 0.258 e. The molecular formula is C21H22ClN3O2. The number of para-hydroxylation sites is 1. The second-order valence-electron chi connectivity index (χ2n) is 6.28. The minimum absolute atomic E-state index is 0.159. The Hall–Kier alpha value is -2.79. The van der Waals surface area contributed by atoms with Gasteiger partial charge in [0.2, 0.25) is 0 Å². The van der Waals surface area contributed by atoms with Gasteiger partial charge in [-0.1, -0.05) is 60.1 Å². The van der Waals surface area contributed by atoms with Crippen LogP contribution in [0, 0.1) is 6.92 Å². The molecule has 0 spiro atoms. The quantitative estimate of drug-likeness (QED) is 0.618. The molecule has 1 heterocycles. The molecule has 1 aromatic heterocycles. The number of halogens is 1. The summed E-state index contributed by atoms with van der Waals surface area (Å²) in [4.78, 5) is 14.4. The van der Waals surface area contributed by atoms with Gasteiger partial charge in [0.25, 0.3) is 5.91 Å². The first-order valence-corrected chi connectivity index (χ1v) is 9.14. The van der Waals surface area contributed by atoms with Crippen molar-refractivity contribution >= 4 is 17.5 Å². The lowest BCUT2D eigenvalue weighted by molar-refractivity contribution is 0.0773. The molecule has 0 aliphatic heterocycles. The number of rotatable bonds is 7. The van der Waals surface area contributed by atoms with Crippen LogP contribution in [-0.4, -0.2) is 40.8 Å². The maximum atomic E-state index is 12.8. The summed E-state index contributed by atoms with van der Waals surface area (Å²) in [6.07, 6.45) is 0. The average molecular weight is 384 g/mol.